The summed E-state index contributed by atoms with van der Waals surface area (Å²) in [5.74, 6) is 3.19. The van der Waals surface area contributed by atoms with Gasteiger partial charge in [-0.1, -0.05) is 32.0 Å². The number of fused-ring (bicyclic) bond motifs is 1. The summed E-state index contributed by atoms with van der Waals surface area (Å²) in [5.41, 5.74) is 0.966. The van der Waals surface area contributed by atoms with E-state index in [0.29, 0.717) is 18.5 Å². The lowest BCUT2D eigenvalue weighted by Gasteiger charge is -2.23. The van der Waals surface area contributed by atoms with Gasteiger partial charge in [-0.25, -0.2) is 9.67 Å². The molecule has 8 nitrogen and oxygen atoms in total. The average Bonchev–Trinajstić information content (AvgIpc) is 3.27. The number of nitrogens with zero attached hydrogens (tertiary/aromatic N) is 7. The van der Waals surface area contributed by atoms with E-state index < -0.39 is 0 Å². The minimum atomic E-state index is 0.343. The zero-order chi connectivity index (χ0) is 17.2. The van der Waals surface area contributed by atoms with Crippen LogP contribution in [0.25, 0.3) is 5.69 Å². The lowest BCUT2D eigenvalue weighted by molar-refractivity contribution is 0.353. The molecule has 0 saturated carbocycles. The number of aryl methyl sites for hydroxylation is 1. The van der Waals surface area contributed by atoms with Crippen LogP contribution in [0.15, 0.2) is 30.3 Å². The minimum Gasteiger partial charge on any atom is -0.305 e. The molecular formula is C17H22N8. The Hall–Kier alpha value is -2.61. The molecule has 0 radical (unpaired) electrons. The van der Waals surface area contributed by atoms with Crippen LogP contribution in [0.1, 0.15) is 43.7 Å². The van der Waals surface area contributed by atoms with E-state index in [4.69, 9.17) is 0 Å². The van der Waals surface area contributed by atoms with Gasteiger partial charge < -0.3 is 5.32 Å². The Bertz CT molecular complexity index is 835. The number of para-hydroxylation sites is 1. The molecular weight excluding hydrogens is 316 g/mol. The molecule has 3 aromatic rings. The topological polar surface area (TPSA) is 86.3 Å². The molecule has 0 spiro atoms. The highest BCUT2D eigenvalue weighted by Crippen LogP contribution is 2.17. The van der Waals surface area contributed by atoms with Crippen molar-refractivity contribution < 1.29 is 0 Å². The highest BCUT2D eigenvalue weighted by Gasteiger charge is 2.22. The summed E-state index contributed by atoms with van der Waals surface area (Å²) in [5, 5.41) is 20.3. The Morgan fingerprint density at radius 1 is 1.24 bits per heavy atom. The molecule has 130 valence electrons. The molecule has 0 bridgehead atoms. The standard InChI is InChI=1S/C17H22N8/c1-12(2)17-19-15-9-8-13(11-24(15)21-17)18-10-16-20-22-23-25(16)14-6-4-3-5-7-14/h3-7,12-13,18H,8-11H2,1-2H3/t13-/m1/s1. The van der Waals surface area contributed by atoms with Crippen LogP contribution < -0.4 is 5.32 Å². The number of nitrogens with one attached hydrogen (secondary N) is 1. The molecule has 1 N–H and O–H groups in total. The Labute approximate surface area is 146 Å². The Morgan fingerprint density at radius 2 is 2.08 bits per heavy atom. The van der Waals surface area contributed by atoms with Gasteiger partial charge in [0.25, 0.3) is 0 Å². The summed E-state index contributed by atoms with van der Waals surface area (Å²) in [6.07, 6.45) is 1.99. The van der Waals surface area contributed by atoms with E-state index in [9.17, 15) is 0 Å². The average molecular weight is 338 g/mol. The molecule has 2 aromatic heterocycles. The molecule has 0 saturated heterocycles. The van der Waals surface area contributed by atoms with E-state index in [1.807, 2.05) is 35.0 Å². The molecule has 1 atom stereocenters. The van der Waals surface area contributed by atoms with Crippen molar-refractivity contribution in [3.8, 4) is 5.69 Å². The third kappa shape index (κ3) is 3.30. The molecule has 0 fully saturated rings. The Balaban J connectivity index is 1.42. The van der Waals surface area contributed by atoms with Crippen molar-refractivity contribution in [3.63, 3.8) is 0 Å². The number of aromatic nitrogens is 7. The van der Waals surface area contributed by atoms with Crippen LogP contribution in [0.4, 0.5) is 0 Å². The van der Waals surface area contributed by atoms with Crippen molar-refractivity contribution in [1.29, 1.82) is 0 Å². The predicted molar refractivity (Wildman–Crippen MR) is 92.2 cm³/mol. The van der Waals surface area contributed by atoms with Crippen LogP contribution in [0, 0.1) is 0 Å². The highest BCUT2D eigenvalue weighted by molar-refractivity contribution is 5.30. The van der Waals surface area contributed by atoms with Gasteiger partial charge in [0.2, 0.25) is 0 Å². The van der Waals surface area contributed by atoms with Gasteiger partial charge >= 0.3 is 0 Å². The van der Waals surface area contributed by atoms with E-state index in [1.54, 1.807) is 4.68 Å². The van der Waals surface area contributed by atoms with Crippen molar-refractivity contribution in [2.24, 2.45) is 0 Å². The first-order valence-corrected chi connectivity index (χ1v) is 8.70. The molecule has 1 aliphatic rings. The maximum Gasteiger partial charge on any atom is 0.170 e. The molecule has 1 aromatic carbocycles. The fraction of sp³-hybridized carbons (Fsp3) is 0.471. The molecule has 0 amide bonds. The van der Waals surface area contributed by atoms with E-state index in [-0.39, 0.29) is 0 Å². The maximum absolute atomic E-state index is 4.64. The first-order chi connectivity index (χ1) is 12.2. The van der Waals surface area contributed by atoms with Gasteiger partial charge in [0, 0.05) is 18.4 Å². The SMILES string of the molecule is CC(C)c1nc2n(n1)C[C@H](NCc1nnnn1-c1ccccc1)CC2. The number of hydrogen-bond acceptors (Lipinski definition) is 6. The van der Waals surface area contributed by atoms with Crippen molar-refractivity contribution in [2.75, 3.05) is 0 Å². The number of hydrogen-bond donors (Lipinski definition) is 1. The van der Waals surface area contributed by atoms with Crippen LogP contribution >= 0.6 is 0 Å². The van der Waals surface area contributed by atoms with Gasteiger partial charge in [-0.2, -0.15) is 9.78 Å². The number of rotatable bonds is 5. The minimum absolute atomic E-state index is 0.343. The fourth-order valence-corrected chi connectivity index (χ4v) is 3.06. The molecule has 1 aliphatic heterocycles. The second-order valence-electron chi connectivity index (χ2n) is 6.68. The van der Waals surface area contributed by atoms with E-state index in [1.165, 1.54) is 0 Å². The molecule has 0 aliphatic carbocycles. The van der Waals surface area contributed by atoms with E-state index >= 15 is 0 Å². The lowest BCUT2D eigenvalue weighted by atomic mass is 10.1. The monoisotopic (exact) mass is 338 g/mol. The van der Waals surface area contributed by atoms with Crippen LogP contribution in [-0.2, 0) is 19.5 Å². The molecule has 25 heavy (non-hydrogen) atoms. The Kier molecular flexibility index (Phi) is 4.27. The summed E-state index contributed by atoms with van der Waals surface area (Å²) < 4.78 is 3.81. The number of benzene rings is 1. The predicted octanol–water partition coefficient (Wildman–Crippen LogP) is 1.48. The molecule has 4 rings (SSSR count). The first-order valence-electron chi connectivity index (χ1n) is 8.70. The molecule has 8 heteroatoms. The van der Waals surface area contributed by atoms with Gasteiger partial charge in [0.1, 0.15) is 5.82 Å². The maximum atomic E-state index is 4.64. The van der Waals surface area contributed by atoms with Crippen molar-refractivity contribution in [1.82, 2.24) is 40.3 Å². The van der Waals surface area contributed by atoms with Gasteiger partial charge in [-0.15, -0.1) is 5.10 Å². The van der Waals surface area contributed by atoms with Crippen LogP contribution in [0.2, 0.25) is 0 Å². The third-order valence-corrected chi connectivity index (χ3v) is 4.47. The normalized spacial score (nSPS) is 17.0. The fourth-order valence-electron chi connectivity index (χ4n) is 3.06. The van der Waals surface area contributed by atoms with Crippen LogP contribution in [0.3, 0.4) is 0 Å². The molecule has 3 heterocycles. The summed E-state index contributed by atoms with van der Waals surface area (Å²) in [7, 11) is 0. The smallest absolute Gasteiger partial charge is 0.170 e. The van der Waals surface area contributed by atoms with Gasteiger partial charge in [-0.3, -0.25) is 0 Å². The summed E-state index contributed by atoms with van der Waals surface area (Å²) in [6, 6.07) is 10.3. The summed E-state index contributed by atoms with van der Waals surface area (Å²) >= 11 is 0. The molecule has 0 unspecified atom stereocenters. The van der Waals surface area contributed by atoms with Crippen molar-refractivity contribution in [2.45, 2.75) is 51.7 Å². The second kappa shape index (κ2) is 6.72. The largest absolute Gasteiger partial charge is 0.305 e. The summed E-state index contributed by atoms with van der Waals surface area (Å²) in [4.78, 5) is 4.64. The Morgan fingerprint density at radius 3 is 2.88 bits per heavy atom. The first kappa shape index (κ1) is 15.9. The number of tetrazole rings is 1. The second-order valence-corrected chi connectivity index (χ2v) is 6.68. The van der Waals surface area contributed by atoms with Crippen molar-refractivity contribution >= 4 is 0 Å². The van der Waals surface area contributed by atoms with E-state index in [0.717, 1.165) is 42.5 Å². The third-order valence-electron chi connectivity index (χ3n) is 4.47. The lowest BCUT2D eigenvalue weighted by Crippen LogP contribution is -2.38. The summed E-state index contributed by atoms with van der Waals surface area (Å²) in [6.45, 7) is 5.70. The highest BCUT2D eigenvalue weighted by atomic mass is 15.5. The van der Waals surface area contributed by atoms with Crippen LogP contribution in [-0.4, -0.2) is 41.0 Å². The van der Waals surface area contributed by atoms with Crippen LogP contribution in [0.5, 0.6) is 0 Å². The zero-order valence-corrected chi connectivity index (χ0v) is 14.5. The van der Waals surface area contributed by atoms with Gasteiger partial charge in [-0.05, 0) is 29.0 Å². The van der Waals surface area contributed by atoms with Gasteiger partial charge in [0.15, 0.2) is 11.6 Å². The van der Waals surface area contributed by atoms with Crippen molar-refractivity contribution in [3.05, 3.63) is 47.8 Å². The quantitative estimate of drug-likeness (QED) is 0.758. The zero-order valence-electron chi connectivity index (χ0n) is 14.5. The van der Waals surface area contributed by atoms with E-state index in [2.05, 4.69) is 44.8 Å². The van der Waals surface area contributed by atoms with Gasteiger partial charge in [0.05, 0.1) is 18.8 Å².